The van der Waals surface area contributed by atoms with Gasteiger partial charge in [0.25, 0.3) is 5.91 Å². The third-order valence-electron chi connectivity index (χ3n) is 3.08. The summed E-state index contributed by atoms with van der Waals surface area (Å²) in [5, 5.41) is 10.5. The molecule has 1 atom stereocenters. The van der Waals surface area contributed by atoms with E-state index in [0.29, 0.717) is 17.6 Å². The maximum atomic E-state index is 12.2. The lowest BCUT2D eigenvalue weighted by Gasteiger charge is -2.15. The quantitative estimate of drug-likeness (QED) is 0.730. The van der Waals surface area contributed by atoms with E-state index in [9.17, 15) is 4.79 Å². The van der Waals surface area contributed by atoms with Crippen LogP contribution in [0.15, 0.2) is 18.2 Å². The molecule has 2 heterocycles. The van der Waals surface area contributed by atoms with E-state index in [4.69, 9.17) is 5.73 Å². The Bertz CT molecular complexity index is 564. The first-order valence-electron chi connectivity index (χ1n) is 5.59. The van der Waals surface area contributed by atoms with Gasteiger partial charge < -0.3 is 10.6 Å². The summed E-state index contributed by atoms with van der Waals surface area (Å²) in [6, 6.07) is 5.43. The van der Waals surface area contributed by atoms with Gasteiger partial charge in [0, 0.05) is 24.7 Å². The Morgan fingerprint density at radius 2 is 2.24 bits per heavy atom. The Balaban J connectivity index is 1.89. The predicted octanol–water partition coefficient (Wildman–Crippen LogP) is 0.131. The Labute approximate surface area is 97.8 Å². The van der Waals surface area contributed by atoms with Crippen molar-refractivity contribution in [3.05, 3.63) is 23.8 Å². The third kappa shape index (κ3) is 1.76. The molecule has 1 aliphatic heterocycles. The molecule has 88 valence electrons. The van der Waals surface area contributed by atoms with Gasteiger partial charge in [-0.2, -0.15) is 15.4 Å². The highest BCUT2D eigenvalue weighted by Gasteiger charge is 2.24. The molecule has 1 aliphatic rings. The van der Waals surface area contributed by atoms with Crippen LogP contribution in [0.4, 0.5) is 0 Å². The van der Waals surface area contributed by atoms with Gasteiger partial charge in [0.05, 0.1) is 0 Å². The summed E-state index contributed by atoms with van der Waals surface area (Å²) in [6.07, 6.45) is 0.873. The first-order chi connectivity index (χ1) is 8.24. The summed E-state index contributed by atoms with van der Waals surface area (Å²) >= 11 is 0. The second-order valence-corrected chi connectivity index (χ2v) is 4.33. The number of nitrogens with zero attached hydrogens (tertiary/aromatic N) is 3. The Morgan fingerprint density at radius 1 is 1.41 bits per heavy atom. The second-order valence-electron chi connectivity index (χ2n) is 4.33. The van der Waals surface area contributed by atoms with Crippen molar-refractivity contribution in [2.24, 2.45) is 5.73 Å². The van der Waals surface area contributed by atoms with Crippen molar-refractivity contribution in [2.45, 2.75) is 12.5 Å². The summed E-state index contributed by atoms with van der Waals surface area (Å²) in [5.74, 6) is 0.0165. The molecule has 0 bridgehead atoms. The molecule has 1 fully saturated rings. The molecule has 17 heavy (non-hydrogen) atoms. The van der Waals surface area contributed by atoms with E-state index in [0.717, 1.165) is 18.5 Å². The maximum Gasteiger partial charge on any atom is 0.253 e. The largest absolute Gasteiger partial charge is 0.337 e. The number of aromatic amines is 1. The van der Waals surface area contributed by atoms with Crippen LogP contribution in [0.2, 0.25) is 0 Å². The van der Waals surface area contributed by atoms with Gasteiger partial charge in [0.1, 0.15) is 11.0 Å². The Kier molecular flexibility index (Phi) is 2.29. The van der Waals surface area contributed by atoms with Crippen LogP contribution in [0.25, 0.3) is 11.0 Å². The summed E-state index contributed by atoms with van der Waals surface area (Å²) in [5.41, 5.74) is 7.90. The van der Waals surface area contributed by atoms with Crippen molar-refractivity contribution in [3.63, 3.8) is 0 Å². The third-order valence-corrected chi connectivity index (χ3v) is 3.08. The van der Waals surface area contributed by atoms with E-state index in [1.165, 1.54) is 0 Å². The summed E-state index contributed by atoms with van der Waals surface area (Å²) in [6.45, 7) is 1.37. The molecule has 0 radical (unpaired) electrons. The number of likely N-dealkylation sites (tertiary alicyclic amines) is 1. The molecule has 1 saturated heterocycles. The minimum atomic E-state index is 0.0165. The Morgan fingerprint density at radius 3 is 3.00 bits per heavy atom. The molecule has 1 unspecified atom stereocenters. The lowest BCUT2D eigenvalue weighted by molar-refractivity contribution is 0.0791. The van der Waals surface area contributed by atoms with Crippen LogP contribution in [0, 0.1) is 0 Å². The topological polar surface area (TPSA) is 87.9 Å². The van der Waals surface area contributed by atoms with E-state index in [2.05, 4.69) is 15.4 Å². The lowest BCUT2D eigenvalue weighted by Crippen LogP contribution is -2.31. The number of benzene rings is 1. The highest BCUT2D eigenvalue weighted by atomic mass is 16.2. The minimum Gasteiger partial charge on any atom is -0.337 e. The highest BCUT2D eigenvalue weighted by Crippen LogP contribution is 2.15. The average Bonchev–Trinajstić information content (AvgIpc) is 2.95. The van der Waals surface area contributed by atoms with Crippen molar-refractivity contribution in [1.82, 2.24) is 20.3 Å². The molecule has 3 rings (SSSR count). The Hall–Kier alpha value is -1.95. The minimum absolute atomic E-state index is 0.0165. The number of H-pyrrole nitrogens is 1. The van der Waals surface area contributed by atoms with Crippen molar-refractivity contribution < 1.29 is 4.79 Å². The fourth-order valence-electron chi connectivity index (χ4n) is 2.13. The van der Waals surface area contributed by atoms with Gasteiger partial charge in [-0.15, -0.1) is 0 Å². The number of aromatic nitrogens is 3. The van der Waals surface area contributed by atoms with Gasteiger partial charge in [-0.1, -0.05) is 0 Å². The van der Waals surface area contributed by atoms with Gasteiger partial charge in [0.15, 0.2) is 0 Å². The normalized spacial score (nSPS) is 20.1. The number of amides is 1. The molecule has 1 aromatic heterocycles. The standard InChI is InChI=1S/C11H13N5O/c12-8-3-4-16(6-8)11(17)7-1-2-9-10(5-7)14-15-13-9/h1-2,5,8H,3-4,6,12H2,(H,13,14,15). The monoisotopic (exact) mass is 231 g/mol. The first kappa shape index (κ1) is 10.2. The van der Waals surface area contributed by atoms with E-state index < -0.39 is 0 Å². The molecule has 6 heteroatoms. The zero-order chi connectivity index (χ0) is 11.8. The van der Waals surface area contributed by atoms with Gasteiger partial charge >= 0.3 is 0 Å². The van der Waals surface area contributed by atoms with E-state index in [1.54, 1.807) is 23.1 Å². The van der Waals surface area contributed by atoms with E-state index in [-0.39, 0.29) is 11.9 Å². The van der Waals surface area contributed by atoms with Gasteiger partial charge in [-0.3, -0.25) is 4.79 Å². The molecular weight excluding hydrogens is 218 g/mol. The maximum absolute atomic E-state index is 12.2. The summed E-state index contributed by atoms with van der Waals surface area (Å²) in [4.78, 5) is 14.0. The molecule has 0 saturated carbocycles. The van der Waals surface area contributed by atoms with Crippen LogP contribution in [-0.4, -0.2) is 45.3 Å². The van der Waals surface area contributed by atoms with Crippen molar-refractivity contribution in [2.75, 3.05) is 13.1 Å². The number of nitrogens with one attached hydrogen (secondary N) is 1. The van der Waals surface area contributed by atoms with Crippen molar-refractivity contribution >= 4 is 16.9 Å². The summed E-state index contributed by atoms with van der Waals surface area (Å²) in [7, 11) is 0. The van der Waals surface area contributed by atoms with E-state index in [1.807, 2.05) is 0 Å². The van der Waals surface area contributed by atoms with Gasteiger partial charge in [0.2, 0.25) is 0 Å². The van der Waals surface area contributed by atoms with Gasteiger partial charge in [-0.05, 0) is 24.6 Å². The lowest BCUT2D eigenvalue weighted by atomic mass is 10.2. The fourth-order valence-corrected chi connectivity index (χ4v) is 2.13. The number of hydrogen-bond acceptors (Lipinski definition) is 4. The number of carbonyl (C=O) groups is 1. The van der Waals surface area contributed by atoms with Crippen LogP contribution in [0.1, 0.15) is 16.8 Å². The van der Waals surface area contributed by atoms with Crippen LogP contribution in [0.3, 0.4) is 0 Å². The summed E-state index contributed by atoms with van der Waals surface area (Å²) < 4.78 is 0. The SMILES string of the molecule is NC1CCN(C(=O)c2ccc3n[nH]nc3c2)C1. The van der Waals surface area contributed by atoms with Crippen LogP contribution in [-0.2, 0) is 0 Å². The first-order valence-corrected chi connectivity index (χ1v) is 5.59. The van der Waals surface area contributed by atoms with E-state index >= 15 is 0 Å². The number of carbonyl (C=O) groups excluding carboxylic acids is 1. The highest BCUT2D eigenvalue weighted by molar-refractivity contribution is 5.97. The van der Waals surface area contributed by atoms with Crippen LogP contribution >= 0.6 is 0 Å². The molecular formula is C11H13N5O. The van der Waals surface area contributed by atoms with Crippen molar-refractivity contribution in [3.8, 4) is 0 Å². The van der Waals surface area contributed by atoms with Crippen LogP contribution in [0.5, 0.6) is 0 Å². The molecule has 3 N–H and O–H groups in total. The zero-order valence-electron chi connectivity index (χ0n) is 9.26. The molecule has 0 aliphatic carbocycles. The van der Waals surface area contributed by atoms with Crippen LogP contribution < -0.4 is 5.73 Å². The second kappa shape index (κ2) is 3.81. The number of hydrogen-bond donors (Lipinski definition) is 2. The molecule has 1 amide bonds. The predicted molar refractivity (Wildman–Crippen MR) is 62.4 cm³/mol. The fraction of sp³-hybridized carbons (Fsp3) is 0.364. The molecule has 0 spiro atoms. The molecule has 2 aromatic rings. The number of rotatable bonds is 1. The number of fused-ring (bicyclic) bond motifs is 1. The smallest absolute Gasteiger partial charge is 0.253 e. The molecule has 6 nitrogen and oxygen atoms in total. The number of nitrogens with two attached hydrogens (primary N) is 1. The molecule has 1 aromatic carbocycles. The average molecular weight is 231 g/mol. The zero-order valence-corrected chi connectivity index (χ0v) is 9.26. The van der Waals surface area contributed by atoms with Crippen molar-refractivity contribution in [1.29, 1.82) is 0 Å². The van der Waals surface area contributed by atoms with Gasteiger partial charge in [-0.25, -0.2) is 0 Å².